The van der Waals surface area contributed by atoms with Crippen molar-refractivity contribution in [2.45, 2.75) is 76.7 Å². The number of carbonyl (C=O) groups is 1. The van der Waals surface area contributed by atoms with Crippen molar-refractivity contribution in [2.75, 3.05) is 4.90 Å². The molecule has 2 heterocycles. The zero-order chi connectivity index (χ0) is 33.3. The van der Waals surface area contributed by atoms with Crippen LogP contribution in [-0.2, 0) is 0 Å². The standard InChI is InChI=1S/C35H37F3N6O2S/c1-21(2)31-22(3)6-5-7-30(31)44-23(4)19-47-34(44)41-33(45)40-27-13-12-26(18-27)24-8-10-25(11-9-24)32-39-20-43(42-32)28-14-16-29(17-15-28)46-35(36,37)38/h5-11,14-17,19-21,26-27,34H,12-13,18H2,1-4H3,(H2,40,41,45). The van der Waals surface area contributed by atoms with Crippen molar-refractivity contribution < 1.29 is 22.7 Å². The molecular formula is C35H37F3N6O2S. The number of thioether (sulfide) groups is 1. The number of aromatic nitrogens is 3. The van der Waals surface area contributed by atoms with Gasteiger partial charge in [0.2, 0.25) is 0 Å². The van der Waals surface area contributed by atoms with Crippen molar-refractivity contribution in [1.82, 2.24) is 25.4 Å². The number of alkyl halides is 3. The fourth-order valence-corrected chi connectivity index (χ4v) is 7.50. The first kappa shape index (κ1) is 32.5. The molecule has 4 aromatic rings. The summed E-state index contributed by atoms with van der Waals surface area (Å²) in [4.78, 5) is 19.8. The van der Waals surface area contributed by atoms with Crippen molar-refractivity contribution in [2.24, 2.45) is 0 Å². The van der Waals surface area contributed by atoms with E-state index in [-0.39, 0.29) is 23.3 Å². The third-order valence-electron chi connectivity index (χ3n) is 8.61. The number of nitrogens with one attached hydrogen (secondary N) is 2. The Morgan fingerprint density at radius 2 is 1.74 bits per heavy atom. The van der Waals surface area contributed by atoms with Gasteiger partial charge >= 0.3 is 12.4 Å². The maximum Gasteiger partial charge on any atom is 0.573 e. The molecule has 6 rings (SSSR count). The summed E-state index contributed by atoms with van der Waals surface area (Å²) in [5, 5.41) is 13.0. The van der Waals surface area contributed by atoms with E-state index in [9.17, 15) is 18.0 Å². The van der Waals surface area contributed by atoms with Crippen LogP contribution in [0.4, 0.5) is 23.7 Å². The summed E-state index contributed by atoms with van der Waals surface area (Å²) in [6.45, 7) is 8.61. The Morgan fingerprint density at radius 3 is 2.45 bits per heavy atom. The van der Waals surface area contributed by atoms with Crippen LogP contribution in [0.3, 0.4) is 0 Å². The number of urea groups is 1. The third kappa shape index (κ3) is 7.43. The summed E-state index contributed by atoms with van der Waals surface area (Å²) in [7, 11) is 0. The van der Waals surface area contributed by atoms with E-state index in [0.29, 0.717) is 23.3 Å². The van der Waals surface area contributed by atoms with Gasteiger partial charge in [-0.05, 0) is 97.4 Å². The predicted molar refractivity (Wildman–Crippen MR) is 178 cm³/mol. The smallest absolute Gasteiger partial charge is 0.406 e. The summed E-state index contributed by atoms with van der Waals surface area (Å²) in [5.74, 6) is 0.879. The maximum absolute atomic E-state index is 13.2. The molecule has 1 saturated carbocycles. The number of ether oxygens (including phenoxy) is 1. The first-order valence-electron chi connectivity index (χ1n) is 15.6. The summed E-state index contributed by atoms with van der Waals surface area (Å²) in [6, 6.07) is 19.8. The molecular weight excluding hydrogens is 625 g/mol. The van der Waals surface area contributed by atoms with E-state index in [1.165, 1.54) is 52.0 Å². The molecule has 2 aliphatic rings. The van der Waals surface area contributed by atoms with Gasteiger partial charge in [0.1, 0.15) is 12.1 Å². The molecule has 1 fully saturated rings. The summed E-state index contributed by atoms with van der Waals surface area (Å²) < 4.78 is 42.8. The zero-order valence-electron chi connectivity index (χ0n) is 26.6. The first-order valence-corrected chi connectivity index (χ1v) is 16.6. The highest BCUT2D eigenvalue weighted by atomic mass is 32.2. The molecule has 0 radical (unpaired) electrons. The highest BCUT2D eigenvalue weighted by Crippen LogP contribution is 2.40. The highest BCUT2D eigenvalue weighted by Gasteiger charge is 2.33. The van der Waals surface area contributed by atoms with Gasteiger partial charge in [-0.25, -0.2) is 14.5 Å². The van der Waals surface area contributed by atoms with Crippen LogP contribution in [-0.4, -0.2) is 38.7 Å². The largest absolute Gasteiger partial charge is 0.573 e. The fourth-order valence-electron chi connectivity index (χ4n) is 6.49. The van der Waals surface area contributed by atoms with Gasteiger partial charge < -0.3 is 20.3 Å². The molecule has 8 nitrogen and oxygen atoms in total. The molecule has 3 unspecified atom stereocenters. The van der Waals surface area contributed by atoms with Crippen molar-refractivity contribution in [1.29, 1.82) is 0 Å². The normalized spacial score (nSPS) is 19.6. The second-order valence-corrected chi connectivity index (χ2v) is 13.2. The minimum atomic E-state index is -4.74. The maximum atomic E-state index is 13.2. The topological polar surface area (TPSA) is 84.3 Å². The summed E-state index contributed by atoms with van der Waals surface area (Å²) >= 11 is 1.60. The minimum absolute atomic E-state index is 0.0732. The summed E-state index contributed by atoms with van der Waals surface area (Å²) in [6.07, 6.45) is -0.509. The molecule has 3 aromatic carbocycles. The highest BCUT2D eigenvalue weighted by molar-refractivity contribution is 8.03. The second kappa shape index (κ2) is 13.3. The van der Waals surface area contributed by atoms with Crippen LogP contribution < -0.4 is 20.3 Å². The van der Waals surface area contributed by atoms with Crippen LogP contribution in [0.1, 0.15) is 68.6 Å². The Bertz CT molecular complexity index is 1750. The summed E-state index contributed by atoms with van der Waals surface area (Å²) in [5.41, 5.74) is 7.12. The number of rotatable bonds is 8. The molecule has 1 aliphatic heterocycles. The van der Waals surface area contributed by atoms with Crippen molar-refractivity contribution in [3.8, 4) is 22.8 Å². The molecule has 47 heavy (non-hydrogen) atoms. The van der Waals surface area contributed by atoms with E-state index in [4.69, 9.17) is 0 Å². The van der Waals surface area contributed by atoms with Crippen LogP contribution >= 0.6 is 11.8 Å². The molecule has 0 bridgehead atoms. The number of hydrogen-bond acceptors (Lipinski definition) is 6. The Balaban J connectivity index is 1.04. The average molecular weight is 663 g/mol. The molecule has 3 atom stereocenters. The van der Waals surface area contributed by atoms with Crippen LogP contribution in [0.2, 0.25) is 0 Å². The van der Waals surface area contributed by atoms with Gasteiger partial charge in [0.25, 0.3) is 0 Å². The molecule has 1 aromatic heterocycles. The molecule has 2 amide bonds. The van der Waals surface area contributed by atoms with E-state index in [0.717, 1.165) is 36.2 Å². The van der Waals surface area contributed by atoms with Gasteiger partial charge in [-0.3, -0.25) is 0 Å². The molecule has 0 saturated heterocycles. The molecule has 0 spiro atoms. The molecule has 12 heteroatoms. The van der Waals surface area contributed by atoms with Gasteiger partial charge in [-0.1, -0.05) is 62.0 Å². The van der Waals surface area contributed by atoms with E-state index >= 15 is 0 Å². The van der Waals surface area contributed by atoms with Gasteiger partial charge in [-0.2, -0.15) is 0 Å². The van der Waals surface area contributed by atoms with E-state index < -0.39 is 6.36 Å². The number of benzene rings is 3. The number of carbonyl (C=O) groups excluding carboxylic acids is 1. The number of allylic oxidation sites excluding steroid dienone is 1. The minimum Gasteiger partial charge on any atom is -0.406 e. The third-order valence-corrected chi connectivity index (χ3v) is 9.67. The fraction of sp³-hybridized carbons (Fsp3) is 0.343. The zero-order valence-corrected chi connectivity index (χ0v) is 27.4. The lowest BCUT2D eigenvalue weighted by Crippen LogP contribution is -2.49. The SMILES string of the molecule is CC1=CSC(NC(=O)NC2CCC(c3ccc(-c4ncn(-c5ccc(OC(F)(F)F)cc5)n4)cc3)C2)N1c1cccc(C)c1C(C)C. The number of amides is 2. The lowest BCUT2D eigenvalue weighted by atomic mass is 9.95. The number of nitrogens with zero attached hydrogens (tertiary/aromatic N) is 4. The van der Waals surface area contributed by atoms with Gasteiger partial charge in [0.15, 0.2) is 11.3 Å². The Morgan fingerprint density at radius 1 is 1.00 bits per heavy atom. The van der Waals surface area contributed by atoms with E-state index in [2.05, 4.69) is 93.8 Å². The lowest BCUT2D eigenvalue weighted by molar-refractivity contribution is -0.274. The Hall–Kier alpha value is -4.45. The second-order valence-electron chi connectivity index (χ2n) is 12.3. The van der Waals surface area contributed by atoms with Gasteiger partial charge in [0, 0.05) is 23.0 Å². The Labute approximate surface area is 276 Å². The quantitative estimate of drug-likeness (QED) is 0.197. The number of aryl methyl sites for hydroxylation is 1. The number of halogens is 3. The molecule has 1 aliphatic carbocycles. The molecule has 2 N–H and O–H groups in total. The van der Waals surface area contributed by atoms with Crippen LogP contribution in [0, 0.1) is 6.92 Å². The van der Waals surface area contributed by atoms with Crippen LogP contribution in [0.15, 0.2) is 84.2 Å². The average Bonchev–Trinajstić information content (AvgIpc) is 3.77. The number of hydrogen-bond donors (Lipinski definition) is 2. The lowest BCUT2D eigenvalue weighted by Gasteiger charge is -2.32. The Kier molecular flexibility index (Phi) is 9.23. The van der Waals surface area contributed by atoms with E-state index in [1.807, 2.05) is 12.1 Å². The van der Waals surface area contributed by atoms with Crippen LogP contribution in [0.5, 0.6) is 5.75 Å². The van der Waals surface area contributed by atoms with E-state index in [1.54, 1.807) is 11.8 Å². The van der Waals surface area contributed by atoms with Crippen molar-refractivity contribution in [3.63, 3.8) is 0 Å². The van der Waals surface area contributed by atoms with Crippen LogP contribution in [0.25, 0.3) is 17.1 Å². The number of anilines is 1. The van der Waals surface area contributed by atoms with Gasteiger partial charge in [0.05, 0.1) is 5.69 Å². The van der Waals surface area contributed by atoms with Crippen molar-refractivity contribution in [3.05, 3.63) is 101 Å². The predicted octanol–water partition coefficient (Wildman–Crippen LogP) is 8.60. The van der Waals surface area contributed by atoms with Gasteiger partial charge in [-0.15, -0.1) is 18.3 Å². The first-order chi connectivity index (χ1) is 22.4. The van der Waals surface area contributed by atoms with Crippen molar-refractivity contribution >= 4 is 23.5 Å². The monoisotopic (exact) mass is 662 g/mol. The molecule has 246 valence electrons.